The fraction of sp³-hybridized carbons (Fsp3) is 0.467. The lowest BCUT2D eigenvalue weighted by atomic mass is 10.1. The number of nitrogens with one attached hydrogen (secondary N) is 1. The van der Waals surface area contributed by atoms with Gasteiger partial charge in [0, 0.05) is 16.1 Å². The van der Waals surface area contributed by atoms with Crippen LogP contribution >= 0.6 is 15.9 Å². The van der Waals surface area contributed by atoms with Crippen LogP contribution in [0.1, 0.15) is 38.2 Å². The van der Waals surface area contributed by atoms with Crippen molar-refractivity contribution in [3.05, 3.63) is 34.3 Å². The standard InChI is InChI=1S/C15H19BrN2O2/c1-2-20-15(19)14(11-7-9-12(16)10-8-11)18-17-13-5-3-4-6-13/h7-10,13,17H,2-6H2,1H3/b18-14-. The van der Waals surface area contributed by atoms with Crippen molar-refractivity contribution < 1.29 is 9.53 Å². The number of carbonyl (C=O) groups is 1. The predicted octanol–water partition coefficient (Wildman–Crippen LogP) is 3.25. The lowest BCUT2D eigenvalue weighted by Gasteiger charge is -2.11. The molecule has 1 fully saturated rings. The van der Waals surface area contributed by atoms with Gasteiger partial charge in [-0.1, -0.05) is 40.9 Å². The minimum Gasteiger partial charge on any atom is -0.461 e. The Kier molecular flexibility index (Phi) is 5.59. The van der Waals surface area contributed by atoms with Gasteiger partial charge in [0.1, 0.15) is 0 Å². The number of carbonyl (C=O) groups excluding carboxylic acids is 1. The van der Waals surface area contributed by atoms with Crippen LogP contribution in [0.15, 0.2) is 33.8 Å². The summed E-state index contributed by atoms with van der Waals surface area (Å²) in [6.45, 7) is 2.14. The van der Waals surface area contributed by atoms with E-state index in [1.54, 1.807) is 6.92 Å². The highest BCUT2D eigenvalue weighted by atomic mass is 79.9. The first-order valence-corrected chi connectivity index (χ1v) is 7.76. The first-order valence-electron chi connectivity index (χ1n) is 6.97. The molecular weight excluding hydrogens is 320 g/mol. The van der Waals surface area contributed by atoms with Gasteiger partial charge in [-0.05, 0) is 31.9 Å². The maximum Gasteiger partial charge on any atom is 0.359 e. The lowest BCUT2D eigenvalue weighted by molar-refractivity contribution is -0.134. The van der Waals surface area contributed by atoms with Gasteiger partial charge in [0.15, 0.2) is 5.71 Å². The van der Waals surface area contributed by atoms with Crippen molar-refractivity contribution >= 4 is 27.6 Å². The molecule has 1 N–H and O–H groups in total. The Balaban J connectivity index is 2.16. The summed E-state index contributed by atoms with van der Waals surface area (Å²) in [5.41, 5.74) is 4.21. The van der Waals surface area contributed by atoms with Crippen LogP contribution < -0.4 is 5.43 Å². The molecular formula is C15H19BrN2O2. The Bertz CT molecular complexity index is 479. The second-order valence-corrected chi connectivity index (χ2v) is 5.71. The van der Waals surface area contributed by atoms with E-state index in [0.717, 1.165) is 22.9 Å². The number of nitrogens with zero attached hydrogens (tertiary/aromatic N) is 1. The van der Waals surface area contributed by atoms with Crippen LogP contribution in [0, 0.1) is 0 Å². The third-order valence-electron chi connectivity index (χ3n) is 3.30. The van der Waals surface area contributed by atoms with Crippen LogP contribution in [0.2, 0.25) is 0 Å². The highest BCUT2D eigenvalue weighted by Crippen LogP contribution is 2.18. The topological polar surface area (TPSA) is 50.7 Å². The highest BCUT2D eigenvalue weighted by molar-refractivity contribution is 9.10. The van der Waals surface area contributed by atoms with E-state index in [1.165, 1.54) is 12.8 Å². The smallest absolute Gasteiger partial charge is 0.359 e. The number of ether oxygens (including phenoxy) is 1. The molecule has 1 aromatic rings. The summed E-state index contributed by atoms with van der Waals surface area (Å²) in [5, 5.41) is 4.30. The fourth-order valence-corrected chi connectivity index (χ4v) is 2.51. The van der Waals surface area contributed by atoms with Crippen LogP contribution in [0.4, 0.5) is 0 Å². The van der Waals surface area contributed by atoms with Gasteiger partial charge < -0.3 is 10.2 Å². The predicted molar refractivity (Wildman–Crippen MR) is 82.7 cm³/mol. The number of hydrogen-bond donors (Lipinski definition) is 1. The van der Waals surface area contributed by atoms with Gasteiger partial charge >= 0.3 is 5.97 Å². The van der Waals surface area contributed by atoms with Gasteiger partial charge in [-0.15, -0.1) is 0 Å². The van der Waals surface area contributed by atoms with Crippen LogP contribution in [-0.2, 0) is 9.53 Å². The summed E-state index contributed by atoms with van der Waals surface area (Å²) in [4.78, 5) is 12.0. The number of hydrogen-bond acceptors (Lipinski definition) is 4. The lowest BCUT2D eigenvalue weighted by Crippen LogP contribution is -2.27. The molecule has 0 spiro atoms. The van der Waals surface area contributed by atoms with E-state index in [2.05, 4.69) is 26.5 Å². The monoisotopic (exact) mass is 338 g/mol. The largest absolute Gasteiger partial charge is 0.461 e. The zero-order valence-corrected chi connectivity index (χ0v) is 13.1. The Morgan fingerprint density at radius 2 is 2.00 bits per heavy atom. The molecule has 0 aliphatic heterocycles. The number of rotatable bonds is 5. The molecule has 0 unspecified atom stereocenters. The molecule has 1 aliphatic rings. The van der Waals surface area contributed by atoms with Crippen LogP contribution in [0.3, 0.4) is 0 Å². The molecule has 4 nitrogen and oxygen atoms in total. The van der Waals surface area contributed by atoms with E-state index >= 15 is 0 Å². The quantitative estimate of drug-likeness (QED) is 0.509. The summed E-state index contributed by atoms with van der Waals surface area (Å²) < 4.78 is 6.05. The highest BCUT2D eigenvalue weighted by Gasteiger charge is 2.18. The Labute approximate surface area is 127 Å². The van der Waals surface area contributed by atoms with E-state index < -0.39 is 0 Å². The second-order valence-electron chi connectivity index (χ2n) is 4.80. The van der Waals surface area contributed by atoms with Crippen LogP contribution in [-0.4, -0.2) is 24.3 Å². The zero-order valence-electron chi connectivity index (χ0n) is 11.6. The normalized spacial score (nSPS) is 16.2. The maximum absolute atomic E-state index is 12.0. The van der Waals surface area contributed by atoms with Gasteiger partial charge in [-0.3, -0.25) is 0 Å². The van der Waals surface area contributed by atoms with E-state index in [-0.39, 0.29) is 5.97 Å². The van der Waals surface area contributed by atoms with Gasteiger partial charge in [-0.2, -0.15) is 5.10 Å². The van der Waals surface area contributed by atoms with Crippen molar-refractivity contribution in [1.82, 2.24) is 5.43 Å². The van der Waals surface area contributed by atoms with Gasteiger partial charge in [0.25, 0.3) is 0 Å². The summed E-state index contributed by atoms with van der Waals surface area (Å²) >= 11 is 3.38. The van der Waals surface area contributed by atoms with Crippen molar-refractivity contribution in [3.63, 3.8) is 0 Å². The molecule has 20 heavy (non-hydrogen) atoms. The molecule has 0 bridgehead atoms. The van der Waals surface area contributed by atoms with Gasteiger partial charge in [0.2, 0.25) is 0 Å². The van der Waals surface area contributed by atoms with Gasteiger partial charge in [-0.25, -0.2) is 4.79 Å². The number of benzene rings is 1. The minimum absolute atomic E-state index is 0.339. The molecule has 2 rings (SSSR count). The first kappa shape index (κ1) is 15.0. The number of esters is 1. The van der Waals surface area contributed by atoms with Gasteiger partial charge in [0.05, 0.1) is 6.61 Å². The Hall–Kier alpha value is -1.36. The van der Waals surface area contributed by atoms with Crippen LogP contribution in [0.5, 0.6) is 0 Å². The molecule has 0 aromatic heterocycles. The number of halogens is 1. The summed E-state index contributed by atoms with van der Waals surface area (Å²) in [6.07, 6.45) is 4.67. The van der Waals surface area contributed by atoms with Crippen molar-refractivity contribution in [2.45, 2.75) is 38.6 Å². The summed E-state index contributed by atoms with van der Waals surface area (Å²) in [7, 11) is 0. The Morgan fingerprint density at radius 1 is 1.35 bits per heavy atom. The maximum atomic E-state index is 12.0. The van der Waals surface area contributed by atoms with Crippen molar-refractivity contribution in [1.29, 1.82) is 0 Å². The average Bonchev–Trinajstić information content (AvgIpc) is 2.94. The molecule has 1 saturated carbocycles. The van der Waals surface area contributed by atoms with Crippen molar-refractivity contribution in [2.24, 2.45) is 5.10 Å². The van der Waals surface area contributed by atoms with E-state index in [1.807, 2.05) is 24.3 Å². The molecule has 0 amide bonds. The molecule has 0 heterocycles. The minimum atomic E-state index is -0.389. The van der Waals surface area contributed by atoms with E-state index in [0.29, 0.717) is 18.4 Å². The first-order chi connectivity index (χ1) is 9.70. The molecule has 5 heteroatoms. The molecule has 108 valence electrons. The Morgan fingerprint density at radius 3 is 2.60 bits per heavy atom. The zero-order chi connectivity index (χ0) is 14.4. The third-order valence-corrected chi connectivity index (χ3v) is 3.83. The van der Waals surface area contributed by atoms with Crippen LogP contribution in [0.25, 0.3) is 0 Å². The SMILES string of the molecule is CCOC(=O)/C(=N\NC1CCCC1)c1ccc(Br)cc1. The molecule has 0 atom stereocenters. The third kappa shape index (κ3) is 4.07. The molecule has 0 radical (unpaired) electrons. The molecule has 1 aliphatic carbocycles. The van der Waals surface area contributed by atoms with Crippen molar-refractivity contribution in [3.8, 4) is 0 Å². The number of hydrazone groups is 1. The van der Waals surface area contributed by atoms with E-state index in [4.69, 9.17) is 4.74 Å². The molecule has 1 aromatic carbocycles. The molecule has 0 saturated heterocycles. The van der Waals surface area contributed by atoms with Crippen molar-refractivity contribution in [2.75, 3.05) is 6.61 Å². The summed E-state index contributed by atoms with van der Waals surface area (Å²) in [5.74, 6) is -0.389. The van der Waals surface area contributed by atoms with E-state index in [9.17, 15) is 4.79 Å². The fourth-order valence-electron chi connectivity index (χ4n) is 2.25. The average molecular weight is 339 g/mol. The second kappa shape index (κ2) is 7.43. The summed E-state index contributed by atoms with van der Waals surface area (Å²) in [6, 6.07) is 7.86.